The van der Waals surface area contributed by atoms with E-state index in [1.54, 1.807) is 0 Å². The second kappa shape index (κ2) is 5.73. The van der Waals surface area contributed by atoms with E-state index in [4.69, 9.17) is 0 Å². The van der Waals surface area contributed by atoms with Crippen molar-refractivity contribution in [1.82, 2.24) is 4.57 Å². The smallest absolute Gasteiger partial charge is 0.0106 e. The van der Waals surface area contributed by atoms with Gasteiger partial charge in [-0.1, -0.05) is 41.5 Å². The zero-order valence-corrected chi connectivity index (χ0v) is 13.9. The van der Waals surface area contributed by atoms with Gasteiger partial charge in [-0.3, -0.25) is 0 Å². The summed E-state index contributed by atoms with van der Waals surface area (Å²) < 4.78 is 2.20. The number of nitrogens with zero attached hydrogens (tertiary/aromatic N) is 1. The predicted octanol–water partition coefficient (Wildman–Crippen LogP) is 4.64. The fraction of sp³-hybridized carbons (Fsp3) is 0.750. The SMILES string of the molecule is Cn1cc(CCSCC(C)(C)C)c(C(C)(C)C)c1. The molecule has 0 bridgehead atoms. The molecule has 0 atom stereocenters. The van der Waals surface area contributed by atoms with E-state index in [1.807, 2.05) is 0 Å². The van der Waals surface area contributed by atoms with Crippen LogP contribution in [-0.2, 0) is 18.9 Å². The Hall–Kier alpha value is -0.370. The zero-order chi connectivity index (χ0) is 14.0. The van der Waals surface area contributed by atoms with Crippen LogP contribution in [0.2, 0.25) is 0 Å². The van der Waals surface area contributed by atoms with Crippen molar-refractivity contribution in [2.75, 3.05) is 11.5 Å². The van der Waals surface area contributed by atoms with E-state index in [1.165, 1.54) is 29.1 Å². The first-order valence-electron chi connectivity index (χ1n) is 6.83. The highest BCUT2D eigenvalue weighted by Gasteiger charge is 2.19. The molecular weight excluding hydrogens is 238 g/mol. The third-order valence-electron chi connectivity index (χ3n) is 2.90. The van der Waals surface area contributed by atoms with Crippen molar-refractivity contribution < 1.29 is 0 Å². The Morgan fingerprint density at radius 2 is 1.67 bits per heavy atom. The molecule has 0 radical (unpaired) electrons. The van der Waals surface area contributed by atoms with Crippen LogP contribution in [0, 0.1) is 5.41 Å². The number of hydrogen-bond donors (Lipinski definition) is 0. The minimum absolute atomic E-state index is 0.255. The lowest BCUT2D eigenvalue weighted by Crippen LogP contribution is -2.13. The molecule has 0 aromatic carbocycles. The van der Waals surface area contributed by atoms with Gasteiger partial charge in [-0.15, -0.1) is 0 Å². The molecule has 0 saturated carbocycles. The molecule has 0 unspecified atom stereocenters. The molecule has 0 spiro atoms. The minimum atomic E-state index is 0.255. The molecular formula is C16H29NS. The maximum absolute atomic E-state index is 2.31. The van der Waals surface area contributed by atoms with Crippen LogP contribution in [0.5, 0.6) is 0 Å². The van der Waals surface area contributed by atoms with Crippen LogP contribution >= 0.6 is 11.8 Å². The first-order valence-corrected chi connectivity index (χ1v) is 7.98. The summed E-state index contributed by atoms with van der Waals surface area (Å²) in [6, 6.07) is 0. The van der Waals surface area contributed by atoms with Crippen molar-refractivity contribution in [2.45, 2.75) is 53.4 Å². The lowest BCUT2D eigenvalue weighted by molar-refractivity contribution is 0.480. The Labute approximate surface area is 117 Å². The van der Waals surface area contributed by atoms with Crippen molar-refractivity contribution >= 4 is 11.8 Å². The average Bonchev–Trinajstić information content (AvgIpc) is 2.52. The van der Waals surface area contributed by atoms with Crippen molar-refractivity contribution in [3.63, 3.8) is 0 Å². The second-order valence-electron chi connectivity index (χ2n) is 7.48. The molecule has 0 amide bonds. The highest BCUT2D eigenvalue weighted by molar-refractivity contribution is 7.99. The molecule has 2 heteroatoms. The van der Waals surface area contributed by atoms with Gasteiger partial charge in [0.1, 0.15) is 0 Å². The van der Waals surface area contributed by atoms with E-state index in [0.717, 1.165) is 0 Å². The van der Waals surface area contributed by atoms with Crippen LogP contribution < -0.4 is 0 Å². The summed E-state index contributed by atoms with van der Waals surface area (Å²) in [4.78, 5) is 0. The lowest BCUT2D eigenvalue weighted by Gasteiger charge is -2.20. The molecule has 0 aliphatic carbocycles. The van der Waals surface area contributed by atoms with Crippen LogP contribution in [0.1, 0.15) is 52.7 Å². The Balaban J connectivity index is 2.58. The Morgan fingerprint density at radius 3 is 2.17 bits per heavy atom. The standard InChI is InChI=1S/C16H29NS/c1-15(2,3)12-18-9-8-13-10-17(7)11-14(13)16(4,5)6/h10-11H,8-9,12H2,1-7H3. The summed E-state index contributed by atoms with van der Waals surface area (Å²) in [6.07, 6.45) is 5.76. The molecule has 0 aliphatic heterocycles. The van der Waals surface area contributed by atoms with Crippen molar-refractivity contribution in [1.29, 1.82) is 0 Å². The molecule has 0 aliphatic rings. The van der Waals surface area contributed by atoms with Gasteiger partial charge in [-0.25, -0.2) is 0 Å². The van der Waals surface area contributed by atoms with E-state index in [9.17, 15) is 0 Å². The first-order chi connectivity index (χ1) is 8.09. The fourth-order valence-electron chi connectivity index (χ4n) is 2.07. The summed E-state index contributed by atoms with van der Waals surface area (Å²) >= 11 is 2.07. The van der Waals surface area contributed by atoms with Crippen LogP contribution in [0.4, 0.5) is 0 Å². The van der Waals surface area contributed by atoms with Gasteiger partial charge in [0.25, 0.3) is 0 Å². The quantitative estimate of drug-likeness (QED) is 0.719. The van der Waals surface area contributed by atoms with Gasteiger partial charge in [0.2, 0.25) is 0 Å². The second-order valence-corrected chi connectivity index (χ2v) is 8.58. The Bertz CT molecular complexity index is 377. The Morgan fingerprint density at radius 1 is 1.06 bits per heavy atom. The van der Waals surface area contributed by atoms with E-state index in [-0.39, 0.29) is 5.41 Å². The number of hydrogen-bond acceptors (Lipinski definition) is 1. The zero-order valence-electron chi connectivity index (χ0n) is 13.1. The minimum Gasteiger partial charge on any atom is -0.357 e. The van der Waals surface area contributed by atoms with Gasteiger partial charge >= 0.3 is 0 Å². The van der Waals surface area contributed by atoms with Gasteiger partial charge in [0, 0.05) is 19.4 Å². The lowest BCUT2D eigenvalue weighted by atomic mass is 9.86. The average molecular weight is 267 g/mol. The number of aryl methyl sites for hydroxylation is 2. The molecule has 1 nitrogen and oxygen atoms in total. The molecule has 18 heavy (non-hydrogen) atoms. The topological polar surface area (TPSA) is 4.93 Å². The number of thioether (sulfide) groups is 1. The van der Waals surface area contributed by atoms with E-state index in [2.05, 4.69) is 77.3 Å². The number of aromatic nitrogens is 1. The van der Waals surface area contributed by atoms with Crippen molar-refractivity contribution in [3.8, 4) is 0 Å². The third kappa shape index (κ3) is 5.09. The van der Waals surface area contributed by atoms with Gasteiger partial charge < -0.3 is 4.57 Å². The number of rotatable bonds is 4. The van der Waals surface area contributed by atoms with Crippen molar-refractivity contribution in [3.05, 3.63) is 23.5 Å². The molecule has 0 saturated heterocycles. The molecule has 1 aromatic rings. The van der Waals surface area contributed by atoms with Gasteiger partial charge in [-0.2, -0.15) is 11.8 Å². The molecule has 1 heterocycles. The van der Waals surface area contributed by atoms with Crippen LogP contribution in [0.25, 0.3) is 0 Å². The van der Waals surface area contributed by atoms with Gasteiger partial charge in [0.15, 0.2) is 0 Å². The molecule has 0 fully saturated rings. The van der Waals surface area contributed by atoms with E-state index < -0.39 is 0 Å². The van der Waals surface area contributed by atoms with Crippen LogP contribution in [-0.4, -0.2) is 16.1 Å². The Kier molecular flexibility index (Phi) is 4.99. The fourth-order valence-corrected chi connectivity index (χ4v) is 3.20. The molecule has 0 N–H and O–H groups in total. The van der Waals surface area contributed by atoms with Crippen LogP contribution in [0.15, 0.2) is 12.4 Å². The summed E-state index contributed by atoms with van der Waals surface area (Å²) in [5.41, 5.74) is 3.72. The summed E-state index contributed by atoms with van der Waals surface area (Å²) in [7, 11) is 2.13. The van der Waals surface area contributed by atoms with E-state index >= 15 is 0 Å². The maximum Gasteiger partial charge on any atom is 0.0106 e. The van der Waals surface area contributed by atoms with Gasteiger partial charge in [-0.05, 0) is 39.9 Å². The summed E-state index contributed by atoms with van der Waals surface area (Å²) in [5, 5.41) is 0. The van der Waals surface area contributed by atoms with Crippen LogP contribution in [0.3, 0.4) is 0 Å². The van der Waals surface area contributed by atoms with E-state index in [0.29, 0.717) is 5.41 Å². The maximum atomic E-state index is 2.31. The highest BCUT2D eigenvalue weighted by Crippen LogP contribution is 2.28. The largest absolute Gasteiger partial charge is 0.357 e. The predicted molar refractivity (Wildman–Crippen MR) is 84.6 cm³/mol. The molecule has 104 valence electrons. The third-order valence-corrected chi connectivity index (χ3v) is 4.46. The summed E-state index contributed by atoms with van der Waals surface area (Å²) in [6.45, 7) is 13.8. The molecule has 1 rings (SSSR count). The monoisotopic (exact) mass is 267 g/mol. The molecule has 1 aromatic heterocycles. The van der Waals surface area contributed by atoms with Crippen molar-refractivity contribution in [2.24, 2.45) is 12.5 Å². The normalized spacial score (nSPS) is 13.1. The summed E-state index contributed by atoms with van der Waals surface area (Å²) in [5.74, 6) is 2.47. The highest BCUT2D eigenvalue weighted by atomic mass is 32.2. The van der Waals surface area contributed by atoms with Gasteiger partial charge in [0.05, 0.1) is 0 Å². The first kappa shape index (κ1) is 15.7.